The van der Waals surface area contributed by atoms with Gasteiger partial charge < -0.3 is 5.32 Å². The smallest absolute Gasteiger partial charge is 0.111 e. The molecular formula is C14H25N3S2. The molecule has 0 saturated carbocycles. The Morgan fingerprint density at radius 1 is 1.47 bits per heavy atom. The number of nitrogens with one attached hydrogen (secondary N) is 1. The van der Waals surface area contributed by atoms with Gasteiger partial charge in [-0.2, -0.15) is 11.8 Å². The van der Waals surface area contributed by atoms with Crippen LogP contribution in [0.1, 0.15) is 35.5 Å². The van der Waals surface area contributed by atoms with Crippen molar-refractivity contribution in [1.82, 2.24) is 15.2 Å². The van der Waals surface area contributed by atoms with Crippen molar-refractivity contribution in [2.75, 3.05) is 31.6 Å². The molecule has 0 aliphatic carbocycles. The zero-order chi connectivity index (χ0) is 13.8. The third-order valence-electron chi connectivity index (χ3n) is 3.43. The van der Waals surface area contributed by atoms with E-state index in [1.165, 1.54) is 33.6 Å². The standard InChI is InChI=1S/C14H25N3S2/c1-10(2)7-15-8-13-11(3)16-14(19-13)12-9-18-6-5-17(12)4/h10,12,15H,5-9H2,1-4H3. The first-order valence-electron chi connectivity index (χ1n) is 7.02. The Bertz CT molecular complexity index is 403. The lowest BCUT2D eigenvalue weighted by molar-refractivity contribution is 0.274. The maximum Gasteiger partial charge on any atom is 0.111 e. The van der Waals surface area contributed by atoms with Gasteiger partial charge in [-0.3, -0.25) is 4.90 Å². The predicted octanol–water partition coefficient (Wildman–Crippen LogP) is 2.92. The average Bonchev–Trinajstić information content (AvgIpc) is 2.71. The van der Waals surface area contributed by atoms with Crippen molar-refractivity contribution < 1.29 is 0 Å². The number of aryl methyl sites for hydroxylation is 1. The molecule has 19 heavy (non-hydrogen) atoms. The van der Waals surface area contributed by atoms with E-state index < -0.39 is 0 Å². The summed E-state index contributed by atoms with van der Waals surface area (Å²) in [6.45, 7) is 9.84. The number of thioether (sulfide) groups is 1. The fourth-order valence-corrected chi connectivity index (χ4v) is 4.70. The summed E-state index contributed by atoms with van der Waals surface area (Å²) in [6, 6.07) is 0.515. The zero-order valence-corrected chi connectivity index (χ0v) is 14.0. The van der Waals surface area contributed by atoms with Gasteiger partial charge in [-0.15, -0.1) is 11.3 Å². The van der Waals surface area contributed by atoms with Crippen molar-refractivity contribution in [3.8, 4) is 0 Å². The van der Waals surface area contributed by atoms with E-state index in [-0.39, 0.29) is 0 Å². The molecule has 108 valence electrons. The first-order chi connectivity index (χ1) is 9.08. The number of aromatic nitrogens is 1. The average molecular weight is 300 g/mol. The molecule has 0 bridgehead atoms. The van der Waals surface area contributed by atoms with E-state index in [9.17, 15) is 0 Å². The molecule has 1 fully saturated rings. The molecule has 1 aromatic rings. The van der Waals surface area contributed by atoms with Crippen LogP contribution in [0.3, 0.4) is 0 Å². The summed E-state index contributed by atoms with van der Waals surface area (Å²) >= 11 is 3.94. The Morgan fingerprint density at radius 3 is 2.95 bits per heavy atom. The molecule has 1 N–H and O–H groups in total. The van der Waals surface area contributed by atoms with Crippen LogP contribution in [0.15, 0.2) is 0 Å². The minimum atomic E-state index is 0.515. The van der Waals surface area contributed by atoms with E-state index >= 15 is 0 Å². The topological polar surface area (TPSA) is 28.2 Å². The van der Waals surface area contributed by atoms with Crippen LogP contribution >= 0.6 is 23.1 Å². The van der Waals surface area contributed by atoms with E-state index in [2.05, 4.69) is 38.0 Å². The fraction of sp³-hybridized carbons (Fsp3) is 0.786. The maximum atomic E-state index is 4.81. The molecule has 1 aliphatic rings. The zero-order valence-electron chi connectivity index (χ0n) is 12.4. The second kappa shape index (κ2) is 7.07. The highest BCUT2D eigenvalue weighted by atomic mass is 32.2. The number of hydrogen-bond donors (Lipinski definition) is 1. The van der Waals surface area contributed by atoms with E-state index in [0.717, 1.165) is 13.1 Å². The highest BCUT2D eigenvalue weighted by Crippen LogP contribution is 2.32. The van der Waals surface area contributed by atoms with Crippen molar-refractivity contribution in [1.29, 1.82) is 0 Å². The lowest BCUT2D eigenvalue weighted by atomic mass is 10.2. The Kier molecular flexibility index (Phi) is 5.69. The summed E-state index contributed by atoms with van der Waals surface area (Å²) in [4.78, 5) is 8.65. The summed E-state index contributed by atoms with van der Waals surface area (Å²) in [5.41, 5.74) is 1.21. The van der Waals surface area contributed by atoms with Crippen molar-refractivity contribution in [3.63, 3.8) is 0 Å². The van der Waals surface area contributed by atoms with Gasteiger partial charge in [0.05, 0.1) is 11.7 Å². The molecule has 1 aromatic heterocycles. The lowest BCUT2D eigenvalue weighted by Crippen LogP contribution is -2.32. The van der Waals surface area contributed by atoms with Gasteiger partial charge >= 0.3 is 0 Å². The summed E-state index contributed by atoms with van der Waals surface area (Å²) in [6.07, 6.45) is 0. The van der Waals surface area contributed by atoms with Crippen molar-refractivity contribution >= 4 is 23.1 Å². The van der Waals surface area contributed by atoms with Crippen molar-refractivity contribution in [2.45, 2.75) is 33.4 Å². The first-order valence-corrected chi connectivity index (χ1v) is 9.00. The van der Waals surface area contributed by atoms with Gasteiger partial charge in [-0.1, -0.05) is 13.8 Å². The summed E-state index contributed by atoms with van der Waals surface area (Å²) in [5.74, 6) is 3.14. The molecule has 0 spiro atoms. The van der Waals surface area contributed by atoms with E-state index in [1.807, 2.05) is 23.1 Å². The minimum absolute atomic E-state index is 0.515. The Labute approximate surface area is 125 Å². The fourth-order valence-electron chi connectivity index (χ4n) is 2.18. The van der Waals surface area contributed by atoms with E-state index in [0.29, 0.717) is 12.0 Å². The van der Waals surface area contributed by atoms with Crippen LogP contribution in [-0.2, 0) is 6.54 Å². The molecule has 2 rings (SSSR count). The predicted molar refractivity (Wildman–Crippen MR) is 86.1 cm³/mol. The Hall–Kier alpha value is -0.100. The van der Waals surface area contributed by atoms with Gasteiger partial charge in [0.1, 0.15) is 5.01 Å². The maximum absolute atomic E-state index is 4.81. The Morgan fingerprint density at radius 2 is 2.26 bits per heavy atom. The largest absolute Gasteiger partial charge is 0.312 e. The van der Waals surface area contributed by atoms with Crippen LogP contribution in [0.2, 0.25) is 0 Å². The van der Waals surface area contributed by atoms with Crippen LogP contribution in [0.25, 0.3) is 0 Å². The molecule has 3 nitrogen and oxygen atoms in total. The van der Waals surface area contributed by atoms with Gasteiger partial charge in [0, 0.05) is 29.5 Å². The summed E-state index contributed by atoms with van der Waals surface area (Å²) < 4.78 is 0. The van der Waals surface area contributed by atoms with Gasteiger partial charge in [-0.05, 0) is 26.4 Å². The van der Waals surface area contributed by atoms with Gasteiger partial charge in [0.2, 0.25) is 0 Å². The second-order valence-corrected chi connectivity index (χ2v) is 7.92. The minimum Gasteiger partial charge on any atom is -0.312 e. The third kappa shape index (κ3) is 4.18. The molecule has 1 saturated heterocycles. The van der Waals surface area contributed by atoms with Crippen LogP contribution in [0, 0.1) is 12.8 Å². The lowest BCUT2D eigenvalue weighted by Gasteiger charge is -2.30. The monoisotopic (exact) mass is 299 g/mol. The summed E-state index contributed by atoms with van der Waals surface area (Å²) in [7, 11) is 2.22. The normalized spacial score (nSPS) is 21.2. The molecule has 0 aromatic carbocycles. The van der Waals surface area contributed by atoms with Crippen LogP contribution in [0.4, 0.5) is 0 Å². The number of rotatable bonds is 5. The van der Waals surface area contributed by atoms with Gasteiger partial charge in [-0.25, -0.2) is 4.98 Å². The Balaban J connectivity index is 1.99. The molecular weight excluding hydrogens is 274 g/mol. The highest BCUT2D eigenvalue weighted by Gasteiger charge is 2.24. The van der Waals surface area contributed by atoms with Crippen molar-refractivity contribution in [3.05, 3.63) is 15.6 Å². The molecule has 0 amide bonds. The van der Waals surface area contributed by atoms with E-state index in [1.54, 1.807) is 0 Å². The van der Waals surface area contributed by atoms with Crippen LogP contribution < -0.4 is 5.32 Å². The third-order valence-corrected chi connectivity index (χ3v) is 5.71. The molecule has 0 radical (unpaired) electrons. The molecule has 5 heteroatoms. The van der Waals surface area contributed by atoms with Gasteiger partial charge in [0.15, 0.2) is 0 Å². The van der Waals surface area contributed by atoms with E-state index in [4.69, 9.17) is 4.98 Å². The van der Waals surface area contributed by atoms with Crippen LogP contribution in [0.5, 0.6) is 0 Å². The first kappa shape index (κ1) is 15.3. The quantitative estimate of drug-likeness (QED) is 0.905. The second-order valence-electron chi connectivity index (χ2n) is 5.66. The highest BCUT2D eigenvalue weighted by molar-refractivity contribution is 7.99. The van der Waals surface area contributed by atoms with Crippen LogP contribution in [-0.4, -0.2) is 41.5 Å². The molecule has 1 unspecified atom stereocenters. The number of nitrogens with zero attached hydrogens (tertiary/aromatic N) is 2. The number of hydrogen-bond acceptors (Lipinski definition) is 5. The SMILES string of the molecule is Cc1nc(C2CSCCN2C)sc1CNCC(C)C. The molecule has 1 atom stereocenters. The summed E-state index contributed by atoms with van der Waals surface area (Å²) in [5, 5.41) is 4.82. The molecule has 1 aliphatic heterocycles. The number of thiazole rings is 1. The van der Waals surface area contributed by atoms with Gasteiger partial charge in [0.25, 0.3) is 0 Å². The van der Waals surface area contributed by atoms with Crippen molar-refractivity contribution in [2.24, 2.45) is 5.92 Å². The molecule has 2 heterocycles.